The van der Waals surface area contributed by atoms with E-state index in [9.17, 15) is 0 Å². The molecule has 2 aliphatic rings. The molecule has 3 atom stereocenters. The number of guanidine groups is 1. The third kappa shape index (κ3) is 6.92. The zero-order valence-corrected chi connectivity index (χ0v) is 16.1. The van der Waals surface area contributed by atoms with E-state index in [1.807, 2.05) is 11.8 Å². The fourth-order valence-electron chi connectivity index (χ4n) is 3.77. The molecule has 1 saturated carbocycles. The SMILES string of the molecule is CCNC(=NCCCN1CCCC(C)C1)NC1CCC(SC)C1. The number of thioether (sulfide) groups is 1. The number of hydrogen-bond acceptors (Lipinski definition) is 3. The molecule has 1 aliphatic carbocycles. The standard InChI is InChI=1S/C18H36N4S/c1-4-19-18(21-16-8-9-17(13-16)23-3)20-10-6-12-22-11-5-7-15(2)14-22/h15-17H,4-14H2,1-3H3,(H2,19,20,21). The maximum atomic E-state index is 4.79. The van der Waals surface area contributed by atoms with Crippen molar-refractivity contribution in [3.63, 3.8) is 0 Å². The van der Waals surface area contributed by atoms with Gasteiger partial charge in [-0.15, -0.1) is 0 Å². The summed E-state index contributed by atoms with van der Waals surface area (Å²) in [4.78, 5) is 7.41. The van der Waals surface area contributed by atoms with Crippen LogP contribution >= 0.6 is 11.8 Å². The molecule has 3 unspecified atom stereocenters. The predicted molar refractivity (Wildman–Crippen MR) is 104 cm³/mol. The van der Waals surface area contributed by atoms with Gasteiger partial charge in [0.25, 0.3) is 0 Å². The molecule has 0 aromatic carbocycles. The molecule has 0 amide bonds. The molecule has 0 radical (unpaired) electrons. The highest BCUT2D eigenvalue weighted by Gasteiger charge is 2.24. The van der Waals surface area contributed by atoms with Crippen molar-refractivity contribution in [1.82, 2.24) is 15.5 Å². The summed E-state index contributed by atoms with van der Waals surface area (Å²) in [6.45, 7) is 10.1. The Hall–Kier alpha value is -0.420. The summed E-state index contributed by atoms with van der Waals surface area (Å²) >= 11 is 2.01. The van der Waals surface area contributed by atoms with Gasteiger partial charge < -0.3 is 15.5 Å². The molecule has 1 heterocycles. The van der Waals surface area contributed by atoms with E-state index in [0.717, 1.165) is 30.2 Å². The third-order valence-electron chi connectivity index (χ3n) is 5.05. The van der Waals surface area contributed by atoms with Gasteiger partial charge >= 0.3 is 0 Å². The monoisotopic (exact) mass is 340 g/mol. The van der Waals surface area contributed by atoms with Crippen LogP contribution in [0.15, 0.2) is 4.99 Å². The number of aliphatic imine (C=N–C) groups is 1. The smallest absolute Gasteiger partial charge is 0.191 e. The van der Waals surface area contributed by atoms with Gasteiger partial charge in [-0.3, -0.25) is 4.99 Å². The number of nitrogens with one attached hydrogen (secondary N) is 2. The highest BCUT2D eigenvalue weighted by Crippen LogP contribution is 2.28. The largest absolute Gasteiger partial charge is 0.357 e. The minimum Gasteiger partial charge on any atom is -0.357 e. The first-order chi connectivity index (χ1) is 11.2. The summed E-state index contributed by atoms with van der Waals surface area (Å²) in [5.41, 5.74) is 0. The molecule has 4 nitrogen and oxygen atoms in total. The minimum absolute atomic E-state index is 0.605. The lowest BCUT2D eigenvalue weighted by atomic mass is 10.0. The van der Waals surface area contributed by atoms with Gasteiger partial charge in [-0.25, -0.2) is 0 Å². The molecule has 0 bridgehead atoms. The molecule has 0 aromatic rings. The quantitative estimate of drug-likeness (QED) is 0.425. The molecule has 2 rings (SSSR count). The number of likely N-dealkylation sites (tertiary alicyclic amines) is 1. The molecule has 5 heteroatoms. The molecule has 1 saturated heterocycles. The van der Waals surface area contributed by atoms with Gasteiger partial charge in [-0.2, -0.15) is 11.8 Å². The van der Waals surface area contributed by atoms with E-state index in [-0.39, 0.29) is 0 Å². The molecule has 134 valence electrons. The number of rotatable bonds is 7. The molecule has 0 spiro atoms. The van der Waals surface area contributed by atoms with Crippen LogP contribution in [0.4, 0.5) is 0 Å². The molecule has 2 fully saturated rings. The summed E-state index contributed by atoms with van der Waals surface area (Å²) in [5.74, 6) is 1.89. The van der Waals surface area contributed by atoms with E-state index in [4.69, 9.17) is 4.99 Å². The lowest BCUT2D eigenvalue weighted by molar-refractivity contribution is 0.183. The van der Waals surface area contributed by atoms with Crippen molar-refractivity contribution >= 4 is 17.7 Å². The lowest BCUT2D eigenvalue weighted by Crippen LogP contribution is -2.42. The van der Waals surface area contributed by atoms with Crippen molar-refractivity contribution in [2.45, 2.75) is 63.7 Å². The summed E-state index contributed by atoms with van der Waals surface area (Å²) in [7, 11) is 0. The van der Waals surface area contributed by atoms with Crippen LogP contribution in [-0.2, 0) is 0 Å². The van der Waals surface area contributed by atoms with E-state index in [1.54, 1.807) is 0 Å². The van der Waals surface area contributed by atoms with Gasteiger partial charge in [-0.1, -0.05) is 6.92 Å². The lowest BCUT2D eigenvalue weighted by Gasteiger charge is -2.30. The Balaban J connectivity index is 1.68. The second-order valence-corrected chi connectivity index (χ2v) is 8.31. The van der Waals surface area contributed by atoms with Crippen LogP contribution in [-0.4, -0.2) is 61.1 Å². The highest BCUT2D eigenvalue weighted by molar-refractivity contribution is 7.99. The number of hydrogen-bond donors (Lipinski definition) is 2. The fraction of sp³-hybridized carbons (Fsp3) is 0.944. The maximum Gasteiger partial charge on any atom is 0.191 e. The normalized spacial score (nSPS) is 29.7. The van der Waals surface area contributed by atoms with Crippen LogP contribution in [0, 0.1) is 5.92 Å². The average molecular weight is 341 g/mol. The molecule has 23 heavy (non-hydrogen) atoms. The van der Waals surface area contributed by atoms with Gasteiger partial charge in [0.1, 0.15) is 0 Å². The summed E-state index contributed by atoms with van der Waals surface area (Å²) < 4.78 is 0. The summed E-state index contributed by atoms with van der Waals surface area (Å²) in [6.07, 6.45) is 10.1. The molecule has 1 aliphatic heterocycles. The zero-order valence-electron chi connectivity index (χ0n) is 15.3. The Morgan fingerprint density at radius 3 is 2.87 bits per heavy atom. The van der Waals surface area contributed by atoms with Crippen LogP contribution < -0.4 is 10.6 Å². The third-order valence-corrected chi connectivity index (χ3v) is 6.14. The zero-order chi connectivity index (χ0) is 16.5. The van der Waals surface area contributed by atoms with Crippen LogP contribution in [0.5, 0.6) is 0 Å². The summed E-state index contributed by atoms with van der Waals surface area (Å²) in [6, 6.07) is 0.605. The Bertz CT molecular complexity index is 361. The van der Waals surface area contributed by atoms with E-state index in [0.29, 0.717) is 6.04 Å². The Morgan fingerprint density at radius 2 is 2.17 bits per heavy atom. The van der Waals surface area contributed by atoms with Crippen molar-refractivity contribution in [2.24, 2.45) is 10.9 Å². The van der Waals surface area contributed by atoms with Crippen LogP contribution in [0.1, 0.15) is 52.4 Å². The number of nitrogens with zero attached hydrogens (tertiary/aromatic N) is 2. The van der Waals surface area contributed by atoms with Crippen LogP contribution in [0.3, 0.4) is 0 Å². The van der Waals surface area contributed by atoms with E-state index >= 15 is 0 Å². The second-order valence-electron chi connectivity index (χ2n) is 7.17. The van der Waals surface area contributed by atoms with Crippen molar-refractivity contribution in [3.8, 4) is 0 Å². The highest BCUT2D eigenvalue weighted by atomic mass is 32.2. The maximum absolute atomic E-state index is 4.79. The Kier molecular flexibility index (Phi) is 8.59. The molecular formula is C18H36N4S. The van der Waals surface area contributed by atoms with Gasteiger partial charge in [-0.05, 0) is 70.7 Å². The first-order valence-electron chi connectivity index (χ1n) is 9.51. The fourth-order valence-corrected chi connectivity index (χ4v) is 4.57. The second kappa shape index (κ2) is 10.4. The topological polar surface area (TPSA) is 39.7 Å². The number of piperidine rings is 1. The summed E-state index contributed by atoms with van der Waals surface area (Å²) in [5, 5.41) is 7.88. The van der Waals surface area contributed by atoms with Crippen LogP contribution in [0.25, 0.3) is 0 Å². The van der Waals surface area contributed by atoms with E-state index in [2.05, 4.69) is 35.6 Å². The first kappa shape index (κ1) is 18.9. The van der Waals surface area contributed by atoms with E-state index < -0.39 is 0 Å². The van der Waals surface area contributed by atoms with E-state index in [1.165, 1.54) is 58.2 Å². The van der Waals surface area contributed by atoms with Crippen molar-refractivity contribution in [1.29, 1.82) is 0 Å². The molecule has 0 aromatic heterocycles. The average Bonchev–Trinajstić information content (AvgIpc) is 2.99. The Labute approximate surface area is 147 Å². The van der Waals surface area contributed by atoms with Crippen molar-refractivity contribution < 1.29 is 0 Å². The molecule has 2 N–H and O–H groups in total. The van der Waals surface area contributed by atoms with Crippen molar-refractivity contribution in [3.05, 3.63) is 0 Å². The van der Waals surface area contributed by atoms with Gasteiger partial charge in [0.2, 0.25) is 0 Å². The first-order valence-corrected chi connectivity index (χ1v) is 10.8. The van der Waals surface area contributed by atoms with Gasteiger partial charge in [0, 0.05) is 30.9 Å². The Morgan fingerprint density at radius 1 is 1.30 bits per heavy atom. The van der Waals surface area contributed by atoms with Crippen molar-refractivity contribution in [2.75, 3.05) is 39.0 Å². The van der Waals surface area contributed by atoms with Crippen LogP contribution in [0.2, 0.25) is 0 Å². The predicted octanol–water partition coefficient (Wildman–Crippen LogP) is 2.95. The minimum atomic E-state index is 0.605. The molecular weight excluding hydrogens is 304 g/mol. The van der Waals surface area contributed by atoms with Gasteiger partial charge in [0.05, 0.1) is 0 Å². The van der Waals surface area contributed by atoms with Gasteiger partial charge in [0.15, 0.2) is 5.96 Å².